The van der Waals surface area contributed by atoms with E-state index in [0.29, 0.717) is 11.6 Å². The van der Waals surface area contributed by atoms with E-state index in [4.69, 9.17) is 10.00 Å². The van der Waals surface area contributed by atoms with Crippen LogP contribution in [0.2, 0.25) is 0 Å². The van der Waals surface area contributed by atoms with Crippen molar-refractivity contribution in [1.29, 1.82) is 5.26 Å². The van der Waals surface area contributed by atoms with Gasteiger partial charge in [-0.15, -0.1) is 11.3 Å². The second kappa shape index (κ2) is 6.88. The Balaban J connectivity index is 2.13. The average molecular weight is 284 g/mol. The summed E-state index contributed by atoms with van der Waals surface area (Å²) in [5.74, 6) is 0.803. The number of rotatable bonds is 5. The van der Waals surface area contributed by atoms with Crippen LogP contribution in [0, 0.1) is 11.3 Å². The van der Waals surface area contributed by atoms with Gasteiger partial charge in [-0.3, -0.25) is 0 Å². The summed E-state index contributed by atoms with van der Waals surface area (Å²) in [5.41, 5.74) is 2.01. The molecule has 1 heterocycles. The molecule has 0 aliphatic heterocycles. The highest BCUT2D eigenvalue weighted by Gasteiger charge is 2.04. The molecule has 1 aromatic heterocycles. The number of thiazole rings is 1. The number of benzene rings is 1. The molecule has 0 fully saturated rings. The molecule has 102 valence electrons. The Morgan fingerprint density at radius 3 is 3.05 bits per heavy atom. The monoisotopic (exact) mass is 284 g/mol. The summed E-state index contributed by atoms with van der Waals surface area (Å²) in [4.78, 5) is 4.21. The van der Waals surface area contributed by atoms with E-state index in [1.807, 2.05) is 31.2 Å². The Hall–Kier alpha value is -2.12. The minimum Gasteiger partial charge on any atom is -0.489 e. The van der Waals surface area contributed by atoms with Crippen LogP contribution < -0.4 is 4.74 Å². The lowest BCUT2D eigenvalue weighted by Crippen LogP contribution is -1.99. The zero-order chi connectivity index (χ0) is 14.4. The summed E-state index contributed by atoms with van der Waals surface area (Å²) in [6.07, 6.45) is 7.21. The maximum absolute atomic E-state index is 8.85. The van der Waals surface area contributed by atoms with E-state index in [1.54, 1.807) is 0 Å². The van der Waals surface area contributed by atoms with E-state index in [1.165, 1.54) is 11.3 Å². The molecule has 0 bridgehead atoms. The molecule has 0 spiro atoms. The van der Waals surface area contributed by atoms with Crippen LogP contribution in [0.3, 0.4) is 0 Å². The summed E-state index contributed by atoms with van der Waals surface area (Å²) >= 11 is 1.39. The van der Waals surface area contributed by atoms with Gasteiger partial charge in [0.15, 0.2) is 5.01 Å². The molecule has 2 rings (SSSR count). The quantitative estimate of drug-likeness (QED) is 0.761. The van der Waals surface area contributed by atoms with Crippen molar-refractivity contribution in [2.45, 2.75) is 20.3 Å². The molecule has 0 aliphatic carbocycles. The van der Waals surface area contributed by atoms with E-state index in [0.717, 1.165) is 28.0 Å². The van der Waals surface area contributed by atoms with E-state index >= 15 is 0 Å². The van der Waals surface area contributed by atoms with Gasteiger partial charge in [-0.05, 0) is 37.1 Å². The van der Waals surface area contributed by atoms with Gasteiger partial charge in [0.2, 0.25) is 0 Å². The lowest BCUT2D eigenvalue weighted by atomic mass is 10.2. The van der Waals surface area contributed by atoms with E-state index < -0.39 is 0 Å². The number of ether oxygens (including phenoxy) is 1. The van der Waals surface area contributed by atoms with Crippen LogP contribution >= 0.6 is 11.3 Å². The van der Waals surface area contributed by atoms with Crippen molar-refractivity contribution in [3.05, 3.63) is 47.0 Å². The van der Waals surface area contributed by atoms with Crippen molar-refractivity contribution in [1.82, 2.24) is 4.98 Å². The maximum atomic E-state index is 8.85. The summed E-state index contributed by atoms with van der Waals surface area (Å²) in [6.45, 7) is 4.65. The summed E-state index contributed by atoms with van der Waals surface area (Å²) in [7, 11) is 0. The average Bonchev–Trinajstić information content (AvgIpc) is 2.87. The fourth-order valence-electron chi connectivity index (χ4n) is 1.86. The molecule has 0 N–H and O–H groups in total. The molecule has 0 aliphatic rings. The van der Waals surface area contributed by atoms with E-state index in [2.05, 4.69) is 30.1 Å². The van der Waals surface area contributed by atoms with E-state index in [9.17, 15) is 0 Å². The first-order valence-electron chi connectivity index (χ1n) is 6.52. The fourth-order valence-corrected chi connectivity index (χ4v) is 2.65. The number of nitriles is 1. The first-order chi connectivity index (χ1) is 9.76. The number of hydrogen-bond acceptors (Lipinski definition) is 4. The number of aromatic nitrogens is 1. The largest absolute Gasteiger partial charge is 0.489 e. The second-order valence-electron chi connectivity index (χ2n) is 4.24. The van der Waals surface area contributed by atoms with Gasteiger partial charge in [-0.1, -0.05) is 25.2 Å². The standard InChI is InChI=1S/C16H16N2OS/c1-3-5-12(6-4-2)11-19-13-7-8-14-15(9-13)20-16(10-17)18-14/h3,5-9H,4,11H2,1-2H3/b5-3-,12-6+. The zero-order valence-corrected chi connectivity index (χ0v) is 12.4. The third-order valence-electron chi connectivity index (χ3n) is 2.71. The van der Waals surface area contributed by atoms with Gasteiger partial charge in [0.1, 0.15) is 18.4 Å². The topological polar surface area (TPSA) is 45.9 Å². The molecule has 0 amide bonds. The van der Waals surface area contributed by atoms with Crippen molar-refractivity contribution in [2.24, 2.45) is 0 Å². The molecule has 4 heteroatoms. The van der Waals surface area contributed by atoms with Crippen LogP contribution in [0.4, 0.5) is 0 Å². The molecule has 20 heavy (non-hydrogen) atoms. The van der Waals surface area contributed by atoms with Crippen LogP contribution in [0.15, 0.2) is 42.0 Å². The number of fused-ring (bicyclic) bond motifs is 1. The number of hydrogen-bond donors (Lipinski definition) is 0. The van der Waals surface area contributed by atoms with Crippen LogP contribution in [-0.2, 0) is 0 Å². The van der Waals surface area contributed by atoms with Gasteiger partial charge in [0.05, 0.1) is 10.2 Å². The van der Waals surface area contributed by atoms with Crippen molar-refractivity contribution >= 4 is 21.6 Å². The predicted molar refractivity (Wildman–Crippen MR) is 83.0 cm³/mol. The van der Waals surface area contributed by atoms with Gasteiger partial charge in [-0.25, -0.2) is 4.98 Å². The Morgan fingerprint density at radius 2 is 2.35 bits per heavy atom. The highest BCUT2D eigenvalue weighted by atomic mass is 32.1. The molecule has 1 aromatic carbocycles. The van der Waals surface area contributed by atoms with Crippen molar-refractivity contribution in [2.75, 3.05) is 6.61 Å². The van der Waals surface area contributed by atoms with Gasteiger partial charge in [0.25, 0.3) is 0 Å². The molecule has 2 aromatic rings. The first-order valence-corrected chi connectivity index (χ1v) is 7.33. The molecule has 0 radical (unpaired) electrons. The summed E-state index contributed by atoms with van der Waals surface area (Å²) < 4.78 is 6.78. The molecule has 3 nitrogen and oxygen atoms in total. The molecule has 0 unspecified atom stereocenters. The van der Waals surface area contributed by atoms with Gasteiger partial charge in [-0.2, -0.15) is 5.26 Å². The van der Waals surface area contributed by atoms with Crippen LogP contribution in [0.5, 0.6) is 5.75 Å². The second-order valence-corrected chi connectivity index (χ2v) is 5.27. The summed E-state index contributed by atoms with van der Waals surface area (Å²) in [6, 6.07) is 7.79. The first kappa shape index (κ1) is 14.3. The van der Waals surface area contributed by atoms with Gasteiger partial charge in [0, 0.05) is 0 Å². The van der Waals surface area contributed by atoms with Crippen molar-refractivity contribution < 1.29 is 4.74 Å². The number of nitrogens with zero attached hydrogens (tertiary/aromatic N) is 2. The lowest BCUT2D eigenvalue weighted by Gasteiger charge is -2.06. The van der Waals surface area contributed by atoms with Crippen molar-refractivity contribution in [3.8, 4) is 11.8 Å². The van der Waals surface area contributed by atoms with Gasteiger partial charge < -0.3 is 4.74 Å². The third-order valence-corrected chi connectivity index (χ3v) is 3.63. The lowest BCUT2D eigenvalue weighted by molar-refractivity contribution is 0.355. The highest BCUT2D eigenvalue weighted by molar-refractivity contribution is 7.19. The Labute approximate surface area is 122 Å². The molecule has 0 saturated heterocycles. The van der Waals surface area contributed by atoms with Crippen LogP contribution in [-0.4, -0.2) is 11.6 Å². The van der Waals surface area contributed by atoms with Crippen LogP contribution in [0.25, 0.3) is 10.2 Å². The molecular formula is C16H16N2OS. The Morgan fingerprint density at radius 1 is 1.50 bits per heavy atom. The minimum absolute atomic E-state index is 0.484. The van der Waals surface area contributed by atoms with E-state index in [-0.39, 0.29) is 0 Å². The molecule has 0 saturated carbocycles. The van der Waals surface area contributed by atoms with Gasteiger partial charge >= 0.3 is 0 Å². The normalized spacial score (nSPS) is 11.9. The zero-order valence-electron chi connectivity index (χ0n) is 11.6. The Kier molecular flexibility index (Phi) is 4.91. The summed E-state index contributed by atoms with van der Waals surface area (Å²) in [5, 5.41) is 9.34. The fraction of sp³-hybridized carbons (Fsp3) is 0.250. The maximum Gasteiger partial charge on any atom is 0.195 e. The minimum atomic E-state index is 0.484. The predicted octanol–water partition coefficient (Wildman–Crippen LogP) is 4.46. The molecular weight excluding hydrogens is 268 g/mol. The Bertz CT molecular complexity index is 692. The van der Waals surface area contributed by atoms with Crippen molar-refractivity contribution in [3.63, 3.8) is 0 Å². The smallest absolute Gasteiger partial charge is 0.195 e. The molecule has 0 atom stereocenters. The van der Waals surface area contributed by atoms with Crippen LogP contribution in [0.1, 0.15) is 25.3 Å². The highest BCUT2D eigenvalue weighted by Crippen LogP contribution is 2.26. The third kappa shape index (κ3) is 3.46. The number of allylic oxidation sites excluding steroid dienone is 2. The SMILES string of the molecule is C/C=C\C(=C/CC)COc1ccc2nc(C#N)sc2c1.